The zero-order chi connectivity index (χ0) is 13.8. The molecule has 0 bridgehead atoms. The van der Waals surface area contributed by atoms with Crippen molar-refractivity contribution in [2.45, 2.75) is 90.3 Å². The van der Waals surface area contributed by atoms with E-state index in [1.807, 2.05) is 0 Å². The van der Waals surface area contributed by atoms with E-state index in [2.05, 4.69) is 38.2 Å². The quantitative estimate of drug-likeness (QED) is 0.246. The molecule has 0 saturated carbocycles. The van der Waals surface area contributed by atoms with Crippen LogP contribution in [0.25, 0.3) is 0 Å². The topological polar surface area (TPSA) is 12.5 Å². The van der Waals surface area contributed by atoms with Crippen LogP contribution in [0.2, 0.25) is 0 Å². The van der Waals surface area contributed by atoms with Crippen molar-refractivity contribution in [2.75, 3.05) is 0 Å². The van der Waals surface area contributed by atoms with Gasteiger partial charge in [-0.1, -0.05) is 70.3 Å². The summed E-state index contributed by atoms with van der Waals surface area (Å²) in [7, 11) is 0. The van der Waals surface area contributed by atoms with Crippen LogP contribution >= 0.6 is 0 Å². The summed E-state index contributed by atoms with van der Waals surface area (Å²) in [6.45, 7) is 4.45. The summed E-state index contributed by atoms with van der Waals surface area (Å²) < 4.78 is 5.63. The molecule has 0 aromatic carbocycles. The van der Waals surface area contributed by atoms with Gasteiger partial charge in [0.05, 0.1) is 12.2 Å². The van der Waals surface area contributed by atoms with E-state index in [0.717, 1.165) is 19.3 Å². The molecule has 1 heterocycles. The number of hydrogen-bond donors (Lipinski definition) is 0. The minimum atomic E-state index is 0.501. The van der Waals surface area contributed by atoms with Crippen molar-refractivity contribution in [3.05, 3.63) is 24.3 Å². The molecular weight excluding hydrogens is 232 g/mol. The van der Waals surface area contributed by atoms with Crippen LogP contribution in [0.1, 0.15) is 78.1 Å². The van der Waals surface area contributed by atoms with Gasteiger partial charge in [0, 0.05) is 0 Å². The summed E-state index contributed by atoms with van der Waals surface area (Å²) in [6.07, 6.45) is 23.1. The summed E-state index contributed by atoms with van der Waals surface area (Å²) in [5, 5.41) is 0. The zero-order valence-electron chi connectivity index (χ0n) is 12.9. The van der Waals surface area contributed by atoms with Crippen LogP contribution in [0.3, 0.4) is 0 Å². The van der Waals surface area contributed by atoms with E-state index in [4.69, 9.17) is 4.74 Å². The molecule has 0 unspecified atom stereocenters. The van der Waals surface area contributed by atoms with Crippen LogP contribution in [-0.2, 0) is 4.74 Å². The first-order valence-electron chi connectivity index (χ1n) is 8.34. The van der Waals surface area contributed by atoms with Gasteiger partial charge in [-0.25, -0.2) is 0 Å². The predicted octanol–water partition coefficient (Wildman–Crippen LogP) is 5.81. The molecule has 19 heavy (non-hydrogen) atoms. The number of allylic oxidation sites excluding steroid dienone is 2. The van der Waals surface area contributed by atoms with Gasteiger partial charge in [-0.15, -0.1) is 0 Å². The Morgan fingerprint density at radius 3 is 2.05 bits per heavy atom. The predicted molar refractivity (Wildman–Crippen MR) is 84.5 cm³/mol. The maximum absolute atomic E-state index is 5.63. The van der Waals surface area contributed by atoms with E-state index in [1.165, 1.54) is 44.9 Å². The molecule has 1 rings (SSSR count). The first kappa shape index (κ1) is 16.5. The molecule has 1 aliphatic heterocycles. The Bertz CT molecular complexity index is 254. The van der Waals surface area contributed by atoms with Gasteiger partial charge in [0.15, 0.2) is 0 Å². The smallest absolute Gasteiger partial charge is 0.0879 e. The molecule has 0 N–H and O–H groups in total. The van der Waals surface area contributed by atoms with Crippen molar-refractivity contribution in [3.63, 3.8) is 0 Å². The largest absolute Gasteiger partial charge is 0.369 e. The molecule has 0 spiro atoms. The highest BCUT2D eigenvalue weighted by Crippen LogP contribution is 2.29. The molecule has 0 radical (unpaired) electrons. The lowest BCUT2D eigenvalue weighted by molar-refractivity contribution is 0.372. The highest BCUT2D eigenvalue weighted by atomic mass is 16.6. The minimum Gasteiger partial charge on any atom is -0.369 e. The molecular formula is C18H32O. The fourth-order valence-electron chi connectivity index (χ4n) is 2.38. The monoisotopic (exact) mass is 264 g/mol. The Balaban J connectivity index is 1.85. The third-order valence-electron chi connectivity index (χ3n) is 3.72. The summed E-state index contributed by atoms with van der Waals surface area (Å²) >= 11 is 0. The van der Waals surface area contributed by atoms with Gasteiger partial charge in [0.25, 0.3) is 0 Å². The minimum absolute atomic E-state index is 0.501. The molecule has 0 amide bonds. The van der Waals surface area contributed by atoms with Gasteiger partial charge >= 0.3 is 0 Å². The average molecular weight is 264 g/mol. The molecule has 110 valence electrons. The SMILES string of the molecule is CCC=CC[C@H]1O[C@H]1C/C=C\CCCCCCCC. The molecule has 1 fully saturated rings. The Kier molecular flexibility index (Phi) is 9.79. The number of ether oxygens (including phenoxy) is 1. The Hall–Kier alpha value is -0.560. The molecule has 1 saturated heterocycles. The Morgan fingerprint density at radius 1 is 0.737 bits per heavy atom. The van der Waals surface area contributed by atoms with E-state index in [-0.39, 0.29) is 0 Å². The number of hydrogen-bond acceptors (Lipinski definition) is 1. The summed E-state index contributed by atoms with van der Waals surface area (Å²) in [5.74, 6) is 0. The number of rotatable bonds is 12. The van der Waals surface area contributed by atoms with Gasteiger partial charge in [-0.2, -0.15) is 0 Å². The lowest BCUT2D eigenvalue weighted by atomic mass is 10.1. The molecule has 1 aliphatic rings. The second kappa shape index (κ2) is 11.3. The van der Waals surface area contributed by atoms with Crippen LogP contribution in [0.4, 0.5) is 0 Å². The van der Waals surface area contributed by atoms with Gasteiger partial charge in [-0.05, 0) is 32.1 Å². The van der Waals surface area contributed by atoms with E-state index < -0.39 is 0 Å². The first-order valence-corrected chi connectivity index (χ1v) is 8.34. The normalized spacial score (nSPS) is 22.6. The molecule has 1 nitrogen and oxygen atoms in total. The summed E-state index contributed by atoms with van der Waals surface area (Å²) in [5.41, 5.74) is 0. The van der Waals surface area contributed by atoms with Crippen molar-refractivity contribution in [2.24, 2.45) is 0 Å². The van der Waals surface area contributed by atoms with Crippen LogP contribution in [-0.4, -0.2) is 12.2 Å². The van der Waals surface area contributed by atoms with Crippen molar-refractivity contribution in [3.8, 4) is 0 Å². The lowest BCUT2D eigenvalue weighted by Crippen LogP contribution is -1.90. The molecule has 2 atom stereocenters. The maximum atomic E-state index is 5.63. The summed E-state index contributed by atoms with van der Waals surface area (Å²) in [4.78, 5) is 0. The van der Waals surface area contributed by atoms with Gasteiger partial charge in [0.1, 0.15) is 0 Å². The second-order valence-corrected chi connectivity index (χ2v) is 5.59. The summed E-state index contributed by atoms with van der Waals surface area (Å²) in [6, 6.07) is 0. The first-order chi connectivity index (χ1) is 9.38. The fraction of sp³-hybridized carbons (Fsp3) is 0.778. The lowest BCUT2D eigenvalue weighted by Gasteiger charge is -1.97. The average Bonchev–Trinajstić information content (AvgIpc) is 3.16. The van der Waals surface area contributed by atoms with Crippen LogP contribution < -0.4 is 0 Å². The van der Waals surface area contributed by atoms with E-state index in [0.29, 0.717) is 12.2 Å². The highest BCUT2D eigenvalue weighted by Gasteiger charge is 2.35. The second-order valence-electron chi connectivity index (χ2n) is 5.59. The van der Waals surface area contributed by atoms with Crippen LogP contribution in [0, 0.1) is 0 Å². The number of epoxide rings is 1. The van der Waals surface area contributed by atoms with Crippen LogP contribution in [0.15, 0.2) is 24.3 Å². The molecule has 0 aromatic rings. The van der Waals surface area contributed by atoms with Crippen molar-refractivity contribution < 1.29 is 4.74 Å². The van der Waals surface area contributed by atoms with E-state index in [9.17, 15) is 0 Å². The Morgan fingerprint density at radius 2 is 1.37 bits per heavy atom. The molecule has 0 aromatic heterocycles. The maximum Gasteiger partial charge on any atom is 0.0879 e. The van der Waals surface area contributed by atoms with Crippen molar-refractivity contribution in [1.29, 1.82) is 0 Å². The highest BCUT2D eigenvalue weighted by molar-refractivity contribution is 4.97. The number of unbranched alkanes of at least 4 members (excludes halogenated alkanes) is 6. The molecule has 0 aliphatic carbocycles. The van der Waals surface area contributed by atoms with Gasteiger partial charge in [-0.3, -0.25) is 0 Å². The van der Waals surface area contributed by atoms with Crippen molar-refractivity contribution >= 4 is 0 Å². The third-order valence-corrected chi connectivity index (χ3v) is 3.72. The van der Waals surface area contributed by atoms with Gasteiger partial charge in [0.2, 0.25) is 0 Å². The van der Waals surface area contributed by atoms with E-state index >= 15 is 0 Å². The van der Waals surface area contributed by atoms with Gasteiger partial charge < -0.3 is 4.74 Å². The fourth-order valence-corrected chi connectivity index (χ4v) is 2.38. The third kappa shape index (κ3) is 9.04. The Labute approximate surface area is 120 Å². The zero-order valence-corrected chi connectivity index (χ0v) is 12.9. The standard InChI is InChI=1S/C18H32O/c1-3-5-7-8-9-10-11-12-14-16-18-17(19-18)15-13-6-4-2/h6,12-14,17-18H,3-5,7-11,15-16H2,1-2H3/b13-6?,14-12-/t17-,18+/m1/s1. The van der Waals surface area contributed by atoms with Crippen molar-refractivity contribution in [1.82, 2.24) is 0 Å². The van der Waals surface area contributed by atoms with E-state index in [1.54, 1.807) is 0 Å². The molecule has 1 heteroatoms. The van der Waals surface area contributed by atoms with Crippen LogP contribution in [0.5, 0.6) is 0 Å².